The second-order valence-corrected chi connectivity index (χ2v) is 5.56. The Kier molecular flexibility index (Phi) is 4.22. The summed E-state index contributed by atoms with van der Waals surface area (Å²) in [6.45, 7) is 0.661. The van der Waals surface area contributed by atoms with E-state index in [4.69, 9.17) is 11.5 Å². The molecular formula is C13H23N3O2. The predicted molar refractivity (Wildman–Crippen MR) is 68.5 cm³/mol. The zero-order valence-corrected chi connectivity index (χ0v) is 10.8. The van der Waals surface area contributed by atoms with Crippen molar-refractivity contribution >= 4 is 11.8 Å². The molecule has 0 aromatic heterocycles. The van der Waals surface area contributed by atoms with Gasteiger partial charge < -0.3 is 16.4 Å². The Hall–Kier alpha value is -1.10. The van der Waals surface area contributed by atoms with E-state index in [0.29, 0.717) is 19.4 Å². The Morgan fingerprint density at radius 3 is 2.50 bits per heavy atom. The predicted octanol–water partition coefficient (Wildman–Crippen LogP) is 0.370. The van der Waals surface area contributed by atoms with Crippen molar-refractivity contribution in [1.29, 1.82) is 0 Å². The lowest BCUT2D eigenvalue weighted by molar-refractivity contribution is -0.141. The first-order valence-electron chi connectivity index (χ1n) is 6.94. The fourth-order valence-electron chi connectivity index (χ4n) is 3.19. The van der Waals surface area contributed by atoms with Gasteiger partial charge in [0.15, 0.2) is 0 Å². The van der Waals surface area contributed by atoms with E-state index in [-0.39, 0.29) is 23.8 Å². The molecule has 1 heterocycles. The number of nitrogens with two attached hydrogens (primary N) is 2. The Balaban J connectivity index is 1.95. The summed E-state index contributed by atoms with van der Waals surface area (Å²) in [5.41, 5.74) is 11.4. The van der Waals surface area contributed by atoms with Gasteiger partial charge in [0.1, 0.15) is 6.04 Å². The molecule has 0 spiro atoms. The summed E-state index contributed by atoms with van der Waals surface area (Å²) < 4.78 is 0. The molecule has 1 aliphatic heterocycles. The molecule has 2 amide bonds. The summed E-state index contributed by atoms with van der Waals surface area (Å²) in [7, 11) is 0. The fraction of sp³-hybridized carbons (Fsp3) is 0.846. The molecule has 18 heavy (non-hydrogen) atoms. The first-order chi connectivity index (χ1) is 8.59. The SMILES string of the molecule is NC(=O)C1CCCCN1C(=O)C[C@@H]1CCC[C@H]1N. The maximum absolute atomic E-state index is 12.3. The molecule has 1 aliphatic carbocycles. The normalized spacial score (nSPS) is 32.5. The summed E-state index contributed by atoms with van der Waals surface area (Å²) in [6.07, 6.45) is 6.27. The number of likely N-dealkylation sites (tertiary alicyclic amines) is 1. The Morgan fingerprint density at radius 2 is 1.89 bits per heavy atom. The van der Waals surface area contributed by atoms with E-state index in [1.54, 1.807) is 4.90 Å². The van der Waals surface area contributed by atoms with Gasteiger partial charge >= 0.3 is 0 Å². The lowest BCUT2D eigenvalue weighted by Gasteiger charge is -2.34. The summed E-state index contributed by atoms with van der Waals surface area (Å²) >= 11 is 0. The molecule has 5 nitrogen and oxygen atoms in total. The van der Waals surface area contributed by atoms with Crippen molar-refractivity contribution in [3.8, 4) is 0 Å². The average Bonchev–Trinajstić information content (AvgIpc) is 2.75. The summed E-state index contributed by atoms with van der Waals surface area (Å²) in [5, 5.41) is 0. The van der Waals surface area contributed by atoms with Crippen LogP contribution in [-0.4, -0.2) is 35.3 Å². The number of carbonyl (C=O) groups excluding carboxylic acids is 2. The van der Waals surface area contributed by atoms with Gasteiger partial charge in [0, 0.05) is 19.0 Å². The highest BCUT2D eigenvalue weighted by Crippen LogP contribution is 2.28. The quantitative estimate of drug-likeness (QED) is 0.761. The van der Waals surface area contributed by atoms with Gasteiger partial charge in [-0.1, -0.05) is 6.42 Å². The molecule has 1 saturated heterocycles. The third-order valence-electron chi connectivity index (χ3n) is 4.31. The maximum atomic E-state index is 12.3. The van der Waals surface area contributed by atoms with Crippen molar-refractivity contribution in [2.75, 3.05) is 6.54 Å². The molecule has 102 valence electrons. The van der Waals surface area contributed by atoms with E-state index in [0.717, 1.165) is 32.1 Å². The van der Waals surface area contributed by atoms with Crippen LogP contribution in [0.5, 0.6) is 0 Å². The molecular weight excluding hydrogens is 230 g/mol. The van der Waals surface area contributed by atoms with Gasteiger partial charge in [-0.05, 0) is 38.0 Å². The Morgan fingerprint density at radius 1 is 1.11 bits per heavy atom. The highest BCUT2D eigenvalue weighted by Gasteiger charge is 2.33. The van der Waals surface area contributed by atoms with Crippen LogP contribution in [0.1, 0.15) is 44.9 Å². The molecule has 0 aromatic rings. The van der Waals surface area contributed by atoms with Crippen molar-refractivity contribution in [3.63, 3.8) is 0 Å². The Bertz CT molecular complexity index is 332. The monoisotopic (exact) mass is 253 g/mol. The van der Waals surface area contributed by atoms with Crippen molar-refractivity contribution in [2.24, 2.45) is 17.4 Å². The molecule has 4 N–H and O–H groups in total. The number of nitrogens with zero attached hydrogens (tertiary/aromatic N) is 1. The van der Waals surface area contributed by atoms with Gasteiger partial charge in [-0.15, -0.1) is 0 Å². The summed E-state index contributed by atoms with van der Waals surface area (Å²) in [5.74, 6) is -0.0347. The zero-order valence-electron chi connectivity index (χ0n) is 10.8. The number of rotatable bonds is 3. The summed E-state index contributed by atoms with van der Waals surface area (Å²) in [4.78, 5) is 25.3. The molecule has 5 heteroatoms. The number of piperidine rings is 1. The molecule has 2 rings (SSSR count). The van der Waals surface area contributed by atoms with E-state index < -0.39 is 6.04 Å². The highest BCUT2D eigenvalue weighted by atomic mass is 16.2. The van der Waals surface area contributed by atoms with Crippen LogP contribution < -0.4 is 11.5 Å². The molecule has 0 bridgehead atoms. The van der Waals surface area contributed by atoms with Crippen LogP contribution in [0.4, 0.5) is 0 Å². The van der Waals surface area contributed by atoms with Crippen molar-refractivity contribution in [3.05, 3.63) is 0 Å². The molecule has 2 fully saturated rings. The van der Waals surface area contributed by atoms with Crippen LogP contribution in [0.15, 0.2) is 0 Å². The number of amides is 2. The van der Waals surface area contributed by atoms with E-state index in [2.05, 4.69) is 0 Å². The minimum absolute atomic E-state index is 0.0563. The smallest absolute Gasteiger partial charge is 0.240 e. The fourth-order valence-corrected chi connectivity index (χ4v) is 3.19. The van der Waals surface area contributed by atoms with E-state index >= 15 is 0 Å². The minimum Gasteiger partial charge on any atom is -0.368 e. The molecule has 3 atom stereocenters. The Labute approximate surface area is 108 Å². The second kappa shape index (κ2) is 5.69. The molecule has 0 radical (unpaired) electrons. The number of hydrogen-bond donors (Lipinski definition) is 2. The van der Waals surface area contributed by atoms with Gasteiger partial charge in [0.05, 0.1) is 0 Å². The number of carbonyl (C=O) groups is 2. The zero-order chi connectivity index (χ0) is 13.1. The molecule has 1 saturated carbocycles. The van der Waals surface area contributed by atoms with Gasteiger partial charge in [0.25, 0.3) is 0 Å². The van der Waals surface area contributed by atoms with Crippen LogP contribution >= 0.6 is 0 Å². The van der Waals surface area contributed by atoms with E-state index in [1.807, 2.05) is 0 Å². The van der Waals surface area contributed by atoms with Crippen LogP contribution in [0.3, 0.4) is 0 Å². The van der Waals surface area contributed by atoms with Crippen LogP contribution in [0.25, 0.3) is 0 Å². The molecule has 2 aliphatic rings. The van der Waals surface area contributed by atoms with Gasteiger partial charge in [-0.25, -0.2) is 0 Å². The summed E-state index contributed by atoms with van der Waals surface area (Å²) in [6, 6.07) is -0.255. The topological polar surface area (TPSA) is 89.4 Å². The highest BCUT2D eigenvalue weighted by molar-refractivity contribution is 5.86. The molecule has 0 aromatic carbocycles. The maximum Gasteiger partial charge on any atom is 0.240 e. The van der Waals surface area contributed by atoms with Crippen molar-refractivity contribution in [2.45, 2.75) is 57.0 Å². The first-order valence-corrected chi connectivity index (χ1v) is 6.94. The third-order valence-corrected chi connectivity index (χ3v) is 4.31. The minimum atomic E-state index is -0.399. The van der Waals surface area contributed by atoms with Crippen LogP contribution in [0, 0.1) is 5.92 Å². The van der Waals surface area contributed by atoms with Gasteiger partial charge in [-0.2, -0.15) is 0 Å². The number of primary amides is 1. The average molecular weight is 253 g/mol. The van der Waals surface area contributed by atoms with Crippen LogP contribution in [-0.2, 0) is 9.59 Å². The molecule has 1 unspecified atom stereocenters. The number of hydrogen-bond acceptors (Lipinski definition) is 3. The lowest BCUT2D eigenvalue weighted by Crippen LogP contribution is -2.51. The van der Waals surface area contributed by atoms with Gasteiger partial charge in [-0.3, -0.25) is 9.59 Å². The third kappa shape index (κ3) is 2.83. The van der Waals surface area contributed by atoms with Crippen molar-refractivity contribution < 1.29 is 9.59 Å². The first kappa shape index (κ1) is 13.3. The lowest BCUT2D eigenvalue weighted by atomic mass is 9.96. The van der Waals surface area contributed by atoms with Crippen molar-refractivity contribution in [1.82, 2.24) is 4.90 Å². The van der Waals surface area contributed by atoms with E-state index in [1.165, 1.54) is 0 Å². The van der Waals surface area contributed by atoms with Gasteiger partial charge in [0.2, 0.25) is 11.8 Å². The largest absolute Gasteiger partial charge is 0.368 e. The van der Waals surface area contributed by atoms with E-state index in [9.17, 15) is 9.59 Å². The second-order valence-electron chi connectivity index (χ2n) is 5.56. The standard InChI is InChI=1S/C13H23N3O2/c14-10-5-3-4-9(10)8-12(17)16-7-2-1-6-11(16)13(15)18/h9-11H,1-8,14H2,(H2,15,18)/t9-,10+,11?/m0/s1. The van der Waals surface area contributed by atoms with Crippen LogP contribution in [0.2, 0.25) is 0 Å².